The number of rotatable bonds is 4. The molecule has 2 N–H and O–H groups in total. The Morgan fingerprint density at radius 1 is 1.12 bits per heavy atom. The maximum atomic E-state index is 7.81. The number of aromatic nitrogens is 1. The Bertz CT molecular complexity index is 575. The highest BCUT2D eigenvalue weighted by molar-refractivity contribution is 5.84. The molecule has 1 aromatic carbocycles. The van der Waals surface area contributed by atoms with Gasteiger partial charge >= 0.3 is 0 Å². The predicted octanol–water partition coefficient (Wildman–Crippen LogP) is 2.44. The van der Waals surface area contributed by atoms with Crippen LogP contribution in [-0.4, -0.2) is 18.2 Å². The summed E-state index contributed by atoms with van der Waals surface area (Å²) in [5.74, 6) is 1.42. The molecule has 4 heteroatoms. The number of benzene rings is 1. The fraction of sp³-hybridized carbons (Fsp3) is 0.308. The Morgan fingerprint density at radius 3 is 2.41 bits per heavy atom. The van der Waals surface area contributed by atoms with E-state index in [1.165, 1.54) is 0 Å². The fourth-order valence-electron chi connectivity index (χ4n) is 1.76. The number of fused-ring (bicyclic) bond motifs is 1. The van der Waals surface area contributed by atoms with Crippen molar-refractivity contribution in [2.45, 2.75) is 13.8 Å². The summed E-state index contributed by atoms with van der Waals surface area (Å²) in [6, 6.07) is 5.68. The summed E-state index contributed by atoms with van der Waals surface area (Å²) in [5, 5.41) is 9.62. The molecule has 0 amide bonds. The summed E-state index contributed by atoms with van der Waals surface area (Å²) in [6.07, 6.45) is 1.75. The van der Waals surface area contributed by atoms with Gasteiger partial charge in [-0.05, 0) is 37.4 Å². The van der Waals surface area contributed by atoms with Crippen LogP contribution >= 0.6 is 0 Å². The predicted molar refractivity (Wildman–Crippen MR) is 66.5 cm³/mol. The topological polar surface area (TPSA) is 58.1 Å². The number of pyridine rings is 1. The van der Waals surface area contributed by atoms with Gasteiger partial charge in [-0.1, -0.05) is 0 Å². The standard InChI is InChI=1S/C13H16N2O2/c1-3-16-11-7-9-5-6-15-13(14)10(9)8-12(11)17-4-2/h5-8H,3-4H2,1-2H3,(H2,14,15). The summed E-state index contributed by atoms with van der Waals surface area (Å²) < 4.78 is 11.1. The molecule has 0 atom stereocenters. The lowest BCUT2D eigenvalue weighted by Gasteiger charge is -2.12. The zero-order valence-electron chi connectivity index (χ0n) is 10.0. The van der Waals surface area contributed by atoms with Gasteiger partial charge in [0.15, 0.2) is 11.5 Å². The zero-order chi connectivity index (χ0) is 12.3. The molecule has 0 aliphatic carbocycles. The van der Waals surface area contributed by atoms with E-state index in [0.717, 1.165) is 16.5 Å². The van der Waals surface area contributed by atoms with E-state index in [-0.39, 0.29) is 0 Å². The normalized spacial score (nSPS) is 10.5. The largest absolute Gasteiger partial charge is 0.490 e. The molecule has 0 unspecified atom stereocenters. The number of ether oxygens (including phenoxy) is 2. The monoisotopic (exact) mass is 232 g/mol. The average Bonchev–Trinajstić information content (AvgIpc) is 2.32. The minimum Gasteiger partial charge on any atom is -0.490 e. The van der Waals surface area contributed by atoms with Gasteiger partial charge in [0.25, 0.3) is 0 Å². The highest BCUT2D eigenvalue weighted by atomic mass is 16.5. The molecular weight excluding hydrogens is 216 g/mol. The lowest BCUT2D eigenvalue weighted by Crippen LogP contribution is -2.06. The quantitative estimate of drug-likeness (QED) is 0.850. The van der Waals surface area contributed by atoms with Crippen LogP contribution in [0.15, 0.2) is 24.4 Å². The van der Waals surface area contributed by atoms with Gasteiger partial charge in [0.05, 0.1) is 13.2 Å². The number of hydrogen-bond acceptors (Lipinski definition) is 3. The lowest BCUT2D eigenvalue weighted by molar-refractivity contribution is 0.288. The first-order chi connectivity index (χ1) is 8.26. The molecule has 90 valence electrons. The van der Waals surface area contributed by atoms with Crippen LogP contribution in [0.25, 0.3) is 10.8 Å². The maximum Gasteiger partial charge on any atom is 0.161 e. The van der Waals surface area contributed by atoms with E-state index in [0.29, 0.717) is 24.5 Å². The van der Waals surface area contributed by atoms with Crippen LogP contribution in [0, 0.1) is 5.41 Å². The third-order valence-electron chi connectivity index (χ3n) is 2.48. The van der Waals surface area contributed by atoms with Gasteiger partial charge in [0, 0.05) is 11.6 Å². The van der Waals surface area contributed by atoms with E-state index in [4.69, 9.17) is 14.9 Å². The third-order valence-corrected chi connectivity index (χ3v) is 2.48. The Kier molecular flexibility index (Phi) is 3.32. The molecule has 0 fully saturated rings. The SMILES string of the molecule is CCOc1cc2cc[nH]c(=N)c2cc1OCC. The molecule has 0 aliphatic rings. The highest BCUT2D eigenvalue weighted by Crippen LogP contribution is 2.31. The molecule has 2 rings (SSSR count). The molecule has 0 radical (unpaired) electrons. The van der Waals surface area contributed by atoms with Crippen LogP contribution in [0.4, 0.5) is 0 Å². The van der Waals surface area contributed by atoms with E-state index in [1.54, 1.807) is 6.20 Å². The first-order valence-electron chi connectivity index (χ1n) is 5.72. The Hall–Kier alpha value is -1.97. The zero-order valence-corrected chi connectivity index (χ0v) is 10.0. The molecule has 0 bridgehead atoms. The van der Waals surface area contributed by atoms with Crippen molar-refractivity contribution >= 4 is 10.8 Å². The highest BCUT2D eigenvalue weighted by Gasteiger charge is 2.07. The number of hydrogen-bond donors (Lipinski definition) is 2. The molecule has 0 spiro atoms. The van der Waals surface area contributed by atoms with E-state index in [1.807, 2.05) is 32.0 Å². The van der Waals surface area contributed by atoms with E-state index >= 15 is 0 Å². The summed E-state index contributed by atoms with van der Waals surface area (Å²) in [4.78, 5) is 2.87. The summed E-state index contributed by atoms with van der Waals surface area (Å²) in [5.41, 5.74) is 0.381. The van der Waals surface area contributed by atoms with Crippen molar-refractivity contribution < 1.29 is 9.47 Å². The van der Waals surface area contributed by atoms with Gasteiger partial charge < -0.3 is 14.5 Å². The molecule has 0 saturated heterocycles. The van der Waals surface area contributed by atoms with Crippen molar-refractivity contribution in [3.8, 4) is 11.5 Å². The summed E-state index contributed by atoms with van der Waals surface area (Å²) >= 11 is 0. The first kappa shape index (κ1) is 11.5. The molecule has 1 heterocycles. The minimum absolute atomic E-state index is 0.381. The van der Waals surface area contributed by atoms with Crippen molar-refractivity contribution in [1.82, 2.24) is 4.98 Å². The summed E-state index contributed by atoms with van der Waals surface area (Å²) in [7, 11) is 0. The summed E-state index contributed by atoms with van der Waals surface area (Å²) in [6.45, 7) is 5.04. The van der Waals surface area contributed by atoms with Gasteiger partial charge in [0.1, 0.15) is 5.49 Å². The van der Waals surface area contributed by atoms with Gasteiger partial charge in [-0.25, -0.2) is 0 Å². The number of aromatic amines is 1. The molecule has 0 saturated carbocycles. The molecular formula is C13H16N2O2. The average molecular weight is 232 g/mol. The van der Waals surface area contributed by atoms with Gasteiger partial charge in [-0.15, -0.1) is 0 Å². The molecule has 4 nitrogen and oxygen atoms in total. The van der Waals surface area contributed by atoms with Gasteiger partial charge in [0.2, 0.25) is 0 Å². The van der Waals surface area contributed by atoms with Crippen molar-refractivity contribution in [3.63, 3.8) is 0 Å². The maximum absolute atomic E-state index is 7.81. The van der Waals surface area contributed by atoms with E-state index in [9.17, 15) is 0 Å². The molecule has 1 aromatic heterocycles. The van der Waals surface area contributed by atoms with Crippen molar-refractivity contribution in [1.29, 1.82) is 5.41 Å². The number of nitrogens with one attached hydrogen (secondary N) is 2. The number of H-pyrrole nitrogens is 1. The molecule has 2 aromatic rings. The van der Waals surface area contributed by atoms with E-state index < -0.39 is 0 Å². The Labute approximate surface area is 99.7 Å². The molecule has 0 aliphatic heterocycles. The van der Waals surface area contributed by atoms with Crippen LogP contribution in [-0.2, 0) is 0 Å². The van der Waals surface area contributed by atoms with Gasteiger partial charge in [-0.3, -0.25) is 5.41 Å². The Balaban J connectivity index is 2.63. The second-order valence-corrected chi connectivity index (χ2v) is 3.60. The van der Waals surface area contributed by atoms with Crippen LogP contribution in [0.2, 0.25) is 0 Å². The molecule has 17 heavy (non-hydrogen) atoms. The third kappa shape index (κ3) is 2.25. The fourth-order valence-corrected chi connectivity index (χ4v) is 1.76. The second-order valence-electron chi connectivity index (χ2n) is 3.60. The van der Waals surface area contributed by atoms with Crippen LogP contribution in [0.3, 0.4) is 0 Å². The van der Waals surface area contributed by atoms with Crippen molar-refractivity contribution in [3.05, 3.63) is 29.9 Å². The lowest BCUT2D eigenvalue weighted by atomic mass is 10.1. The first-order valence-corrected chi connectivity index (χ1v) is 5.72. The van der Waals surface area contributed by atoms with E-state index in [2.05, 4.69) is 4.98 Å². The van der Waals surface area contributed by atoms with Gasteiger partial charge in [-0.2, -0.15) is 0 Å². The van der Waals surface area contributed by atoms with Crippen LogP contribution in [0.1, 0.15) is 13.8 Å². The van der Waals surface area contributed by atoms with Crippen LogP contribution in [0.5, 0.6) is 11.5 Å². The Morgan fingerprint density at radius 2 is 1.76 bits per heavy atom. The van der Waals surface area contributed by atoms with Crippen molar-refractivity contribution in [2.24, 2.45) is 0 Å². The minimum atomic E-state index is 0.381. The van der Waals surface area contributed by atoms with Crippen molar-refractivity contribution in [2.75, 3.05) is 13.2 Å². The smallest absolute Gasteiger partial charge is 0.161 e. The van der Waals surface area contributed by atoms with Crippen LogP contribution < -0.4 is 15.0 Å². The second kappa shape index (κ2) is 4.91.